The highest BCUT2D eigenvalue weighted by Gasteiger charge is 2.15. The lowest BCUT2D eigenvalue weighted by Gasteiger charge is -2.06. The Labute approximate surface area is 112 Å². The number of carboxylic acid groups (broad SMARTS) is 1. The van der Waals surface area contributed by atoms with Crippen molar-refractivity contribution in [3.05, 3.63) is 50.2 Å². The lowest BCUT2D eigenvalue weighted by Crippen LogP contribution is -1.94. The van der Waals surface area contributed by atoms with Crippen LogP contribution in [0.3, 0.4) is 0 Å². The van der Waals surface area contributed by atoms with Gasteiger partial charge in [-0.3, -0.25) is 10.1 Å². The number of ether oxygens (including phenoxy) is 1. The minimum Gasteiger partial charge on any atom is -0.477 e. The highest BCUT2D eigenvalue weighted by Crippen LogP contribution is 2.32. The third-order valence-electron chi connectivity index (χ3n) is 2.47. The lowest BCUT2D eigenvalue weighted by atomic mass is 10.2. The molecule has 1 N–H and O–H groups in total. The molecule has 0 bridgehead atoms. The van der Waals surface area contributed by atoms with E-state index in [0.29, 0.717) is 17.1 Å². The number of carbonyl (C=O) groups is 1. The Balaban J connectivity index is 2.30. The summed E-state index contributed by atoms with van der Waals surface area (Å²) in [5.41, 5.74) is 0.363. The molecule has 0 aliphatic heterocycles. The molecule has 1 aromatic carbocycles. The van der Waals surface area contributed by atoms with E-state index < -0.39 is 10.9 Å². The van der Waals surface area contributed by atoms with Gasteiger partial charge in [0.25, 0.3) is 5.69 Å². The molecular weight excluding hydrogens is 270 g/mol. The third-order valence-corrected chi connectivity index (χ3v) is 3.36. The Bertz CT molecular complexity index is 649. The topological polar surface area (TPSA) is 89.7 Å². The van der Waals surface area contributed by atoms with Crippen LogP contribution >= 0.6 is 11.3 Å². The molecule has 0 unspecified atom stereocenters. The summed E-state index contributed by atoms with van der Waals surface area (Å²) in [6, 6.07) is 5.88. The van der Waals surface area contributed by atoms with E-state index >= 15 is 0 Å². The maximum atomic E-state index is 10.8. The monoisotopic (exact) mass is 279 g/mol. The summed E-state index contributed by atoms with van der Waals surface area (Å²) in [4.78, 5) is 21.2. The molecule has 2 rings (SSSR count). The van der Waals surface area contributed by atoms with Crippen molar-refractivity contribution in [1.82, 2.24) is 0 Å². The molecule has 0 radical (unpaired) electrons. The molecule has 0 aliphatic rings. The van der Waals surface area contributed by atoms with E-state index in [4.69, 9.17) is 9.84 Å². The van der Waals surface area contributed by atoms with Crippen molar-refractivity contribution in [3.8, 4) is 11.5 Å². The summed E-state index contributed by atoms with van der Waals surface area (Å²) in [7, 11) is 0. The number of benzene rings is 1. The third kappa shape index (κ3) is 2.71. The number of hydrogen-bond acceptors (Lipinski definition) is 5. The van der Waals surface area contributed by atoms with E-state index in [1.165, 1.54) is 18.2 Å². The number of thiophene rings is 1. The van der Waals surface area contributed by atoms with Gasteiger partial charge in [-0.25, -0.2) is 4.79 Å². The maximum absolute atomic E-state index is 10.8. The fourth-order valence-electron chi connectivity index (χ4n) is 1.52. The summed E-state index contributed by atoms with van der Waals surface area (Å²) in [5.74, 6) is -0.342. The van der Waals surface area contributed by atoms with Gasteiger partial charge in [-0.15, -0.1) is 11.3 Å². The number of nitrogens with zero attached hydrogens (tertiary/aromatic N) is 1. The highest BCUT2D eigenvalue weighted by atomic mass is 32.1. The molecule has 98 valence electrons. The van der Waals surface area contributed by atoms with Gasteiger partial charge < -0.3 is 9.84 Å². The smallest absolute Gasteiger partial charge is 0.346 e. The largest absolute Gasteiger partial charge is 0.477 e. The second-order valence-electron chi connectivity index (χ2n) is 3.71. The Hall–Kier alpha value is -2.41. The maximum Gasteiger partial charge on any atom is 0.346 e. The fraction of sp³-hybridized carbons (Fsp3) is 0.0833. The van der Waals surface area contributed by atoms with Crippen LogP contribution in [0.1, 0.15) is 15.2 Å². The SMILES string of the molecule is Cc1c(Oc2csc(C(=O)O)c2)cccc1[N+](=O)[O-]. The summed E-state index contributed by atoms with van der Waals surface area (Å²) in [5, 5.41) is 21.1. The Morgan fingerprint density at radius 3 is 2.79 bits per heavy atom. The van der Waals surface area contributed by atoms with Gasteiger partial charge in [-0.2, -0.15) is 0 Å². The first-order valence-electron chi connectivity index (χ1n) is 5.22. The first-order valence-corrected chi connectivity index (χ1v) is 6.10. The lowest BCUT2D eigenvalue weighted by molar-refractivity contribution is -0.385. The molecular formula is C12H9NO5S. The molecule has 19 heavy (non-hydrogen) atoms. The quantitative estimate of drug-likeness (QED) is 0.683. The highest BCUT2D eigenvalue weighted by molar-refractivity contribution is 7.12. The first-order chi connectivity index (χ1) is 8.99. The second kappa shape index (κ2) is 5.07. The van der Waals surface area contributed by atoms with Crippen molar-refractivity contribution in [2.75, 3.05) is 0 Å². The van der Waals surface area contributed by atoms with Gasteiger partial charge in [0, 0.05) is 17.5 Å². The van der Waals surface area contributed by atoms with Crippen molar-refractivity contribution in [3.63, 3.8) is 0 Å². The van der Waals surface area contributed by atoms with Gasteiger partial charge in [0.2, 0.25) is 0 Å². The predicted molar refractivity (Wildman–Crippen MR) is 69.2 cm³/mol. The zero-order chi connectivity index (χ0) is 14.0. The molecule has 0 atom stereocenters. The van der Waals surface area contributed by atoms with Gasteiger partial charge in [-0.05, 0) is 13.0 Å². The van der Waals surface area contributed by atoms with E-state index in [0.717, 1.165) is 11.3 Å². The summed E-state index contributed by atoms with van der Waals surface area (Å²) in [6.07, 6.45) is 0. The van der Waals surface area contributed by atoms with Crippen LogP contribution in [0.25, 0.3) is 0 Å². The molecule has 0 saturated heterocycles. The van der Waals surface area contributed by atoms with E-state index in [1.807, 2.05) is 0 Å². The number of hydrogen-bond donors (Lipinski definition) is 1. The van der Waals surface area contributed by atoms with Gasteiger partial charge in [0.05, 0.1) is 10.5 Å². The summed E-state index contributed by atoms with van der Waals surface area (Å²) in [6.45, 7) is 1.58. The molecule has 0 amide bonds. The van der Waals surface area contributed by atoms with E-state index in [1.54, 1.807) is 18.4 Å². The minimum absolute atomic E-state index is 0.0359. The molecule has 1 heterocycles. The van der Waals surface area contributed by atoms with Crippen molar-refractivity contribution < 1.29 is 19.6 Å². The van der Waals surface area contributed by atoms with Gasteiger partial charge >= 0.3 is 5.97 Å². The normalized spacial score (nSPS) is 10.2. The zero-order valence-electron chi connectivity index (χ0n) is 9.82. The summed E-state index contributed by atoms with van der Waals surface area (Å²) >= 11 is 1.03. The predicted octanol–water partition coefficient (Wildman–Crippen LogP) is 3.46. The molecule has 2 aromatic rings. The number of nitro benzene ring substituents is 1. The molecule has 0 fully saturated rings. The van der Waals surface area contributed by atoms with E-state index in [-0.39, 0.29) is 10.6 Å². The Kier molecular flexibility index (Phi) is 3.48. The second-order valence-corrected chi connectivity index (χ2v) is 4.62. The molecule has 6 nitrogen and oxygen atoms in total. The number of rotatable bonds is 4. The van der Waals surface area contributed by atoms with Crippen LogP contribution in [-0.4, -0.2) is 16.0 Å². The fourth-order valence-corrected chi connectivity index (χ4v) is 2.17. The van der Waals surface area contributed by atoms with Crippen LogP contribution in [0.5, 0.6) is 11.5 Å². The molecule has 7 heteroatoms. The standard InChI is InChI=1S/C12H9NO5S/c1-7-9(13(16)17)3-2-4-10(7)18-8-5-11(12(14)15)19-6-8/h2-6H,1H3,(H,14,15). The minimum atomic E-state index is -1.03. The van der Waals surface area contributed by atoms with Crippen LogP contribution in [0.15, 0.2) is 29.6 Å². The van der Waals surface area contributed by atoms with Crippen LogP contribution < -0.4 is 4.74 Å². The average Bonchev–Trinajstić information content (AvgIpc) is 2.80. The van der Waals surface area contributed by atoms with Crippen molar-refractivity contribution >= 4 is 23.0 Å². The average molecular weight is 279 g/mol. The molecule has 0 spiro atoms. The van der Waals surface area contributed by atoms with Crippen LogP contribution in [0.4, 0.5) is 5.69 Å². The van der Waals surface area contributed by atoms with Gasteiger partial charge in [-0.1, -0.05) is 6.07 Å². The summed E-state index contributed by atoms with van der Waals surface area (Å²) < 4.78 is 5.47. The van der Waals surface area contributed by atoms with E-state index in [2.05, 4.69) is 0 Å². The van der Waals surface area contributed by atoms with Crippen molar-refractivity contribution in [2.45, 2.75) is 6.92 Å². The van der Waals surface area contributed by atoms with Crippen LogP contribution in [-0.2, 0) is 0 Å². The molecule has 0 aliphatic carbocycles. The van der Waals surface area contributed by atoms with Gasteiger partial charge in [0.1, 0.15) is 16.4 Å². The van der Waals surface area contributed by atoms with Crippen molar-refractivity contribution in [2.24, 2.45) is 0 Å². The molecule has 0 saturated carbocycles. The number of carboxylic acids is 1. The van der Waals surface area contributed by atoms with Crippen LogP contribution in [0, 0.1) is 17.0 Å². The molecule has 1 aromatic heterocycles. The van der Waals surface area contributed by atoms with E-state index in [9.17, 15) is 14.9 Å². The van der Waals surface area contributed by atoms with Gasteiger partial charge in [0.15, 0.2) is 0 Å². The number of nitro groups is 1. The first kappa shape index (κ1) is 13.0. The van der Waals surface area contributed by atoms with Crippen LogP contribution in [0.2, 0.25) is 0 Å². The number of aromatic carboxylic acids is 1. The van der Waals surface area contributed by atoms with Crippen molar-refractivity contribution in [1.29, 1.82) is 0 Å². The zero-order valence-corrected chi connectivity index (χ0v) is 10.6. The Morgan fingerprint density at radius 2 is 2.21 bits per heavy atom. The Morgan fingerprint density at radius 1 is 1.47 bits per heavy atom.